The Morgan fingerprint density at radius 1 is 0.846 bits per heavy atom. The van der Waals surface area contributed by atoms with Crippen molar-refractivity contribution in [2.75, 3.05) is 0 Å². The summed E-state index contributed by atoms with van der Waals surface area (Å²) in [7, 11) is 0. The van der Waals surface area contributed by atoms with Crippen molar-refractivity contribution in [1.82, 2.24) is 0 Å². The molecule has 1 aromatic rings. The quantitative estimate of drug-likeness (QED) is 0.562. The van der Waals surface area contributed by atoms with Crippen molar-refractivity contribution in [1.29, 1.82) is 0 Å². The first-order chi connectivity index (χ1) is 5.84. The summed E-state index contributed by atoms with van der Waals surface area (Å²) < 4.78 is 72.3. The molecule has 0 aliphatic heterocycles. The predicted molar refractivity (Wildman–Crippen MR) is 29.0 cm³/mol. The van der Waals surface area contributed by atoms with E-state index >= 15 is 0 Å². The molecule has 0 amide bonds. The van der Waals surface area contributed by atoms with Crippen LogP contribution < -0.4 is 0 Å². The van der Waals surface area contributed by atoms with Crippen molar-refractivity contribution >= 4 is 0 Å². The van der Waals surface area contributed by atoms with Gasteiger partial charge in [0.2, 0.25) is 5.82 Å². The van der Waals surface area contributed by atoms with Crippen molar-refractivity contribution in [3.05, 3.63) is 35.1 Å². The summed E-state index contributed by atoms with van der Waals surface area (Å²) in [5.41, 5.74) is -2.29. The second-order valence-corrected chi connectivity index (χ2v) is 2.06. The van der Waals surface area contributed by atoms with Crippen molar-refractivity contribution in [2.45, 2.75) is 6.18 Å². The molecule has 0 heterocycles. The van der Waals surface area contributed by atoms with Crippen LogP contribution in [-0.2, 0) is 6.18 Å². The molecule has 0 radical (unpaired) electrons. The van der Waals surface area contributed by atoms with Crippen LogP contribution in [0.3, 0.4) is 0 Å². The smallest absolute Gasteiger partial charge is 0.202 e. The second-order valence-electron chi connectivity index (χ2n) is 2.06. The number of halogens is 6. The largest absolute Gasteiger partial charge is 0.422 e. The monoisotopic (exact) mass is 198 g/mol. The van der Waals surface area contributed by atoms with Crippen LogP contribution in [0.15, 0.2) is 0 Å². The van der Waals surface area contributed by atoms with Crippen LogP contribution in [0, 0.1) is 29.6 Å². The molecule has 6 heteroatoms. The van der Waals surface area contributed by atoms with E-state index in [4.69, 9.17) is 0 Å². The molecular weight excluding hydrogens is 198 g/mol. The highest BCUT2D eigenvalue weighted by molar-refractivity contribution is 5.19. The van der Waals surface area contributed by atoms with Crippen LogP contribution >= 0.6 is 0 Å². The van der Waals surface area contributed by atoms with E-state index in [1.165, 1.54) is 12.1 Å². The van der Waals surface area contributed by atoms with Gasteiger partial charge in [0.25, 0.3) is 0 Å². The highest BCUT2D eigenvalue weighted by atomic mass is 19.4. The zero-order chi connectivity index (χ0) is 10.2. The van der Waals surface area contributed by atoms with E-state index in [1.54, 1.807) is 0 Å². The molecule has 0 saturated heterocycles. The predicted octanol–water partition coefficient (Wildman–Crippen LogP) is 2.72. The van der Waals surface area contributed by atoms with Crippen molar-refractivity contribution in [3.63, 3.8) is 0 Å². The van der Waals surface area contributed by atoms with Gasteiger partial charge in [-0.05, 0) is 12.1 Å². The summed E-state index contributed by atoms with van der Waals surface area (Å²) in [6, 6.07) is 2.43. The second kappa shape index (κ2) is 2.83. The van der Waals surface area contributed by atoms with E-state index in [-0.39, 0.29) is 0 Å². The fourth-order valence-electron chi connectivity index (χ4n) is 0.682. The number of rotatable bonds is 0. The summed E-state index contributed by atoms with van der Waals surface area (Å²) in [5.74, 6) is -6.22. The summed E-state index contributed by atoms with van der Waals surface area (Å²) in [6.07, 6.45) is -5.28. The average molecular weight is 198 g/mol. The van der Waals surface area contributed by atoms with Gasteiger partial charge >= 0.3 is 6.18 Å². The zero-order valence-electron chi connectivity index (χ0n) is 5.77. The highest BCUT2D eigenvalue weighted by Crippen LogP contribution is 2.33. The van der Waals surface area contributed by atoms with Crippen LogP contribution in [0.25, 0.3) is 0 Å². The Morgan fingerprint density at radius 3 is 1.69 bits per heavy atom. The Bertz CT molecular complexity index is 326. The lowest BCUT2D eigenvalue weighted by Gasteiger charge is -2.06. The summed E-state index contributed by atoms with van der Waals surface area (Å²) in [6.45, 7) is 0. The molecular formula is C7F6. The van der Waals surface area contributed by atoms with Crippen molar-refractivity contribution in [2.24, 2.45) is 0 Å². The molecule has 0 aliphatic carbocycles. The minimum atomic E-state index is -5.28. The molecule has 0 saturated carbocycles. The van der Waals surface area contributed by atoms with Gasteiger partial charge in [-0.1, -0.05) is 0 Å². The maximum atomic E-state index is 12.4. The van der Waals surface area contributed by atoms with Gasteiger partial charge < -0.3 is 0 Å². The molecule has 0 unspecified atom stereocenters. The molecule has 1 rings (SSSR count). The Hall–Kier alpha value is -1.38. The van der Waals surface area contributed by atoms with Gasteiger partial charge in [0.15, 0.2) is 11.6 Å². The molecule has 0 N–H and O–H groups in total. The molecule has 0 nitrogen and oxygen atoms in total. The van der Waals surface area contributed by atoms with Gasteiger partial charge in [-0.25, -0.2) is 4.39 Å². The first-order valence-corrected chi connectivity index (χ1v) is 2.88. The standard InChI is InChI=1S/C7F6/c8-3-1-2-4(9)6(10)5(3)7(11,12)13. The SMILES string of the molecule is Fc1c#cc(F)c(C(F)(F)F)c1F. The number of hydrogen-bond donors (Lipinski definition) is 0. The topological polar surface area (TPSA) is 0 Å². The van der Waals surface area contributed by atoms with Crippen molar-refractivity contribution < 1.29 is 26.3 Å². The van der Waals surface area contributed by atoms with E-state index in [1.807, 2.05) is 0 Å². The molecule has 0 aliphatic rings. The van der Waals surface area contributed by atoms with Gasteiger partial charge in [0, 0.05) is 0 Å². The van der Waals surface area contributed by atoms with Crippen LogP contribution in [0.4, 0.5) is 26.3 Å². The lowest BCUT2D eigenvalue weighted by molar-refractivity contribution is -0.142. The van der Waals surface area contributed by atoms with Gasteiger partial charge in [-0.15, -0.1) is 0 Å². The third-order valence-electron chi connectivity index (χ3n) is 1.20. The first kappa shape index (κ1) is 9.71. The van der Waals surface area contributed by atoms with Gasteiger partial charge in [0.1, 0.15) is 5.56 Å². The number of hydrogen-bond acceptors (Lipinski definition) is 0. The maximum Gasteiger partial charge on any atom is 0.422 e. The average Bonchev–Trinajstić information content (AvgIpc) is 1.95. The molecule has 1 aromatic carbocycles. The minimum Gasteiger partial charge on any atom is -0.202 e. The minimum absolute atomic E-state index is 1.19. The van der Waals surface area contributed by atoms with E-state index in [0.717, 1.165) is 0 Å². The molecule has 0 bridgehead atoms. The fourth-order valence-corrected chi connectivity index (χ4v) is 0.682. The van der Waals surface area contributed by atoms with Crippen LogP contribution in [0.5, 0.6) is 0 Å². The van der Waals surface area contributed by atoms with E-state index in [2.05, 4.69) is 0 Å². The van der Waals surface area contributed by atoms with Crippen LogP contribution in [-0.4, -0.2) is 0 Å². The molecule has 0 aromatic heterocycles. The first-order valence-electron chi connectivity index (χ1n) is 2.88. The van der Waals surface area contributed by atoms with Crippen LogP contribution in [0.1, 0.15) is 5.56 Å². The summed E-state index contributed by atoms with van der Waals surface area (Å²) in [5, 5.41) is 0. The lowest BCUT2D eigenvalue weighted by Crippen LogP contribution is -2.11. The van der Waals surface area contributed by atoms with E-state index in [9.17, 15) is 26.3 Å². The number of alkyl halides is 3. The lowest BCUT2D eigenvalue weighted by atomic mass is 10.2. The van der Waals surface area contributed by atoms with Crippen LogP contribution in [0.2, 0.25) is 0 Å². The normalized spacial score (nSPS) is 11.2. The summed E-state index contributed by atoms with van der Waals surface area (Å²) in [4.78, 5) is 0. The molecule has 0 spiro atoms. The summed E-state index contributed by atoms with van der Waals surface area (Å²) >= 11 is 0. The Kier molecular flexibility index (Phi) is 2.12. The Labute approximate surface area is 68.8 Å². The molecule has 0 fully saturated rings. The fraction of sp³-hybridized carbons (Fsp3) is 0.143. The zero-order valence-corrected chi connectivity index (χ0v) is 5.77. The maximum absolute atomic E-state index is 12.4. The third kappa shape index (κ3) is 1.69. The Balaban J connectivity index is 3.43. The molecule has 0 atom stereocenters. The van der Waals surface area contributed by atoms with E-state index in [0.29, 0.717) is 0 Å². The van der Waals surface area contributed by atoms with Gasteiger partial charge in [-0.3, -0.25) is 0 Å². The van der Waals surface area contributed by atoms with Crippen molar-refractivity contribution in [3.8, 4) is 0 Å². The molecule has 70 valence electrons. The van der Waals surface area contributed by atoms with E-state index < -0.39 is 29.2 Å². The molecule has 13 heavy (non-hydrogen) atoms. The van der Waals surface area contributed by atoms with Gasteiger partial charge in [-0.2, -0.15) is 22.0 Å². The highest BCUT2D eigenvalue weighted by Gasteiger charge is 2.39. The third-order valence-corrected chi connectivity index (χ3v) is 1.20. The van der Waals surface area contributed by atoms with Gasteiger partial charge in [0.05, 0.1) is 0 Å². The Morgan fingerprint density at radius 2 is 1.31 bits per heavy atom.